The Hall–Kier alpha value is -0.500. The summed E-state index contributed by atoms with van der Waals surface area (Å²) in [5.41, 5.74) is 4.31. The zero-order chi connectivity index (χ0) is 12.5. The van der Waals surface area contributed by atoms with Gasteiger partial charge in [0, 0.05) is 23.6 Å². The molecule has 1 aliphatic heterocycles. The van der Waals surface area contributed by atoms with Gasteiger partial charge in [-0.1, -0.05) is 46.5 Å². The van der Waals surface area contributed by atoms with E-state index in [1.807, 2.05) is 0 Å². The SMILES string of the molecule is Cc1ccc(N2CCC3CCCCC32)c(CBr)c1. The first-order chi connectivity index (χ1) is 8.79. The van der Waals surface area contributed by atoms with Crippen molar-refractivity contribution < 1.29 is 0 Å². The Morgan fingerprint density at radius 2 is 2.06 bits per heavy atom. The van der Waals surface area contributed by atoms with Crippen molar-refractivity contribution >= 4 is 21.6 Å². The third-order valence-corrected chi connectivity index (χ3v) is 5.30. The second-order valence-corrected chi connectivity index (χ2v) is 6.42. The van der Waals surface area contributed by atoms with Crippen LogP contribution >= 0.6 is 15.9 Å². The van der Waals surface area contributed by atoms with Gasteiger partial charge in [-0.15, -0.1) is 0 Å². The second kappa shape index (κ2) is 5.24. The minimum Gasteiger partial charge on any atom is -0.368 e. The van der Waals surface area contributed by atoms with Gasteiger partial charge >= 0.3 is 0 Å². The molecule has 1 nitrogen and oxygen atoms in total. The van der Waals surface area contributed by atoms with Crippen LogP contribution in [0.3, 0.4) is 0 Å². The first-order valence-electron chi connectivity index (χ1n) is 7.21. The van der Waals surface area contributed by atoms with Crippen molar-refractivity contribution in [3.63, 3.8) is 0 Å². The van der Waals surface area contributed by atoms with Crippen LogP contribution in [-0.2, 0) is 5.33 Å². The fraction of sp³-hybridized carbons (Fsp3) is 0.625. The van der Waals surface area contributed by atoms with Gasteiger partial charge in [-0.3, -0.25) is 0 Å². The molecule has 0 radical (unpaired) electrons. The number of rotatable bonds is 2. The second-order valence-electron chi connectivity index (χ2n) is 5.86. The molecule has 1 saturated heterocycles. The van der Waals surface area contributed by atoms with Gasteiger partial charge in [0.05, 0.1) is 0 Å². The van der Waals surface area contributed by atoms with Crippen LogP contribution in [0.15, 0.2) is 18.2 Å². The van der Waals surface area contributed by atoms with Crippen LogP contribution in [0.2, 0.25) is 0 Å². The molecular formula is C16H22BrN. The Labute approximate surface area is 119 Å². The number of hydrogen-bond donors (Lipinski definition) is 0. The van der Waals surface area contributed by atoms with Gasteiger partial charge in [0.15, 0.2) is 0 Å². The molecule has 2 heteroatoms. The van der Waals surface area contributed by atoms with Crippen molar-refractivity contribution in [1.82, 2.24) is 0 Å². The van der Waals surface area contributed by atoms with Gasteiger partial charge < -0.3 is 4.90 Å². The molecule has 18 heavy (non-hydrogen) atoms. The summed E-state index contributed by atoms with van der Waals surface area (Å²) in [7, 11) is 0. The zero-order valence-electron chi connectivity index (χ0n) is 11.2. The average Bonchev–Trinajstić information content (AvgIpc) is 2.82. The molecule has 2 aliphatic rings. The maximum atomic E-state index is 3.65. The monoisotopic (exact) mass is 307 g/mol. The first-order valence-corrected chi connectivity index (χ1v) is 8.34. The summed E-state index contributed by atoms with van der Waals surface area (Å²) in [6.07, 6.45) is 7.14. The van der Waals surface area contributed by atoms with E-state index >= 15 is 0 Å². The topological polar surface area (TPSA) is 3.24 Å². The summed E-state index contributed by atoms with van der Waals surface area (Å²) >= 11 is 3.65. The molecule has 0 spiro atoms. The van der Waals surface area contributed by atoms with Crippen LogP contribution in [0.4, 0.5) is 5.69 Å². The number of nitrogens with zero attached hydrogens (tertiary/aromatic N) is 1. The lowest BCUT2D eigenvalue weighted by Crippen LogP contribution is -2.35. The fourth-order valence-electron chi connectivity index (χ4n) is 3.81. The molecule has 1 aromatic rings. The number of fused-ring (bicyclic) bond motifs is 1. The summed E-state index contributed by atoms with van der Waals surface area (Å²) in [6, 6.07) is 7.75. The summed E-state index contributed by atoms with van der Waals surface area (Å²) < 4.78 is 0. The third-order valence-electron chi connectivity index (χ3n) is 4.70. The van der Waals surface area contributed by atoms with Crippen molar-refractivity contribution in [1.29, 1.82) is 0 Å². The Kier molecular flexibility index (Phi) is 3.65. The maximum absolute atomic E-state index is 3.65. The number of alkyl halides is 1. The van der Waals surface area contributed by atoms with E-state index < -0.39 is 0 Å². The predicted molar refractivity (Wildman–Crippen MR) is 81.5 cm³/mol. The highest BCUT2D eigenvalue weighted by atomic mass is 79.9. The molecule has 3 rings (SSSR count). The van der Waals surface area contributed by atoms with Crippen LogP contribution < -0.4 is 4.90 Å². The van der Waals surface area contributed by atoms with Crippen molar-refractivity contribution in [3.8, 4) is 0 Å². The highest BCUT2D eigenvalue weighted by molar-refractivity contribution is 9.08. The summed E-state index contributed by atoms with van der Waals surface area (Å²) in [5, 5.41) is 0.970. The van der Waals surface area contributed by atoms with E-state index in [0.29, 0.717) is 0 Å². The van der Waals surface area contributed by atoms with Crippen LogP contribution in [0, 0.1) is 12.8 Å². The fourth-order valence-corrected chi connectivity index (χ4v) is 4.26. The van der Waals surface area contributed by atoms with Crippen LogP contribution in [0.1, 0.15) is 43.2 Å². The van der Waals surface area contributed by atoms with Gasteiger partial charge in [0.1, 0.15) is 0 Å². The molecule has 1 aromatic carbocycles. The molecule has 0 N–H and O–H groups in total. The lowest BCUT2D eigenvalue weighted by molar-refractivity contribution is 0.342. The lowest BCUT2D eigenvalue weighted by atomic mass is 9.85. The van der Waals surface area contributed by atoms with Crippen molar-refractivity contribution in [2.75, 3.05) is 11.4 Å². The molecule has 1 saturated carbocycles. The van der Waals surface area contributed by atoms with Gasteiger partial charge in [0.25, 0.3) is 0 Å². The first kappa shape index (κ1) is 12.5. The van der Waals surface area contributed by atoms with E-state index in [1.165, 1.54) is 55.5 Å². The number of aryl methyl sites for hydroxylation is 1. The van der Waals surface area contributed by atoms with Crippen molar-refractivity contribution in [2.45, 2.75) is 50.4 Å². The van der Waals surface area contributed by atoms with Crippen LogP contribution in [-0.4, -0.2) is 12.6 Å². The Balaban J connectivity index is 1.90. The minimum absolute atomic E-state index is 0.819. The van der Waals surface area contributed by atoms with Gasteiger partial charge in [-0.05, 0) is 43.7 Å². The van der Waals surface area contributed by atoms with Gasteiger partial charge in [0.2, 0.25) is 0 Å². The smallest absolute Gasteiger partial charge is 0.0410 e. The molecule has 98 valence electrons. The summed E-state index contributed by atoms with van der Waals surface area (Å²) in [6.45, 7) is 3.45. The zero-order valence-corrected chi connectivity index (χ0v) is 12.7. The molecule has 0 bridgehead atoms. The number of halogens is 1. The molecular weight excluding hydrogens is 286 g/mol. The highest BCUT2D eigenvalue weighted by Crippen LogP contribution is 2.40. The van der Waals surface area contributed by atoms with Gasteiger partial charge in [-0.25, -0.2) is 0 Å². The quantitative estimate of drug-likeness (QED) is 0.718. The van der Waals surface area contributed by atoms with Crippen molar-refractivity contribution in [3.05, 3.63) is 29.3 Å². The number of anilines is 1. The maximum Gasteiger partial charge on any atom is 0.0410 e. The van der Waals surface area contributed by atoms with E-state index in [1.54, 1.807) is 0 Å². The molecule has 0 aromatic heterocycles. The molecule has 2 fully saturated rings. The molecule has 2 unspecified atom stereocenters. The number of hydrogen-bond acceptors (Lipinski definition) is 1. The Morgan fingerprint density at radius 1 is 1.22 bits per heavy atom. The molecule has 1 heterocycles. The Bertz CT molecular complexity index is 429. The van der Waals surface area contributed by atoms with Crippen LogP contribution in [0.25, 0.3) is 0 Å². The minimum atomic E-state index is 0.819. The van der Waals surface area contributed by atoms with E-state index in [-0.39, 0.29) is 0 Å². The predicted octanol–water partition coefficient (Wildman–Crippen LogP) is 4.66. The van der Waals surface area contributed by atoms with E-state index in [4.69, 9.17) is 0 Å². The normalized spacial score (nSPS) is 27.3. The average molecular weight is 308 g/mol. The van der Waals surface area contributed by atoms with Crippen molar-refractivity contribution in [2.24, 2.45) is 5.92 Å². The van der Waals surface area contributed by atoms with Crippen LogP contribution in [0.5, 0.6) is 0 Å². The standard InChI is InChI=1S/C16H22BrN/c1-12-6-7-16(14(10-12)11-17)18-9-8-13-4-2-3-5-15(13)18/h6-7,10,13,15H,2-5,8-9,11H2,1H3. The largest absolute Gasteiger partial charge is 0.368 e. The highest BCUT2D eigenvalue weighted by Gasteiger charge is 2.36. The van der Waals surface area contributed by atoms with Gasteiger partial charge in [-0.2, -0.15) is 0 Å². The molecule has 0 amide bonds. The van der Waals surface area contributed by atoms with E-state index in [9.17, 15) is 0 Å². The molecule has 1 aliphatic carbocycles. The molecule has 2 atom stereocenters. The Morgan fingerprint density at radius 3 is 2.89 bits per heavy atom. The third kappa shape index (κ3) is 2.20. The van der Waals surface area contributed by atoms with E-state index in [2.05, 4.69) is 46.0 Å². The summed E-state index contributed by atoms with van der Waals surface area (Å²) in [5.74, 6) is 0.961. The summed E-state index contributed by atoms with van der Waals surface area (Å²) in [4.78, 5) is 2.69. The van der Waals surface area contributed by atoms with E-state index in [0.717, 1.165) is 17.3 Å². The number of benzene rings is 1. The lowest BCUT2D eigenvalue weighted by Gasteiger charge is -2.34.